The van der Waals surface area contributed by atoms with Crippen molar-refractivity contribution in [1.29, 1.82) is 0 Å². The normalized spacial score (nSPS) is 13.2. The van der Waals surface area contributed by atoms with Crippen LogP contribution in [0.5, 0.6) is 0 Å². The third kappa shape index (κ3) is 3.29. The molecule has 1 atom stereocenters. The van der Waals surface area contributed by atoms with E-state index < -0.39 is 6.09 Å². The maximum Gasteiger partial charge on any atom is 0.404 e. The molecule has 0 bridgehead atoms. The minimum Gasteiger partial charge on any atom is -0.465 e. The highest BCUT2D eigenvalue weighted by Gasteiger charge is 2.12. The Hall–Kier alpha value is -0.770. The van der Waals surface area contributed by atoms with Crippen LogP contribution in [0.25, 0.3) is 0 Å². The molecular formula is C6H14N2O2. The Morgan fingerprint density at radius 1 is 1.70 bits per heavy atom. The molecule has 60 valence electrons. The summed E-state index contributed by atoms with van der Waals surface area (Å²) in [7, 11) is 0. The lowest BCUT2D eigenvalue weighted by Gasteiger charge is -2.17. The van der Waals surface area contributed by atoms with Gasteiger partial charge in [0, 0.05) is 12.6 Å². The second-order valence-electron chi connectivity index (χ2n) is 2.54. The first kappa shape index (κ1) is 9.23. The minimum absolute atomic E-state index is 0.127. The van der Waals surface area contributed by atoms with Gasteiger partial charge in [-0.1, -0.05) is 13.8 Å². The van der Waals surface area contributed by atoms with E-state index in [1.54, 1.807) is 0 Å². The fourth-order valence-corrected chi connectivity index (χ4v) is 0.656. The number of hydrogen-bond acceptors (Lipinski definition) is 2. The number of nitrogens with one attached hydrogen (secondary N) is 1. The average Bonchev–Trinajstić information content (AvgIpc) is 1.81. The highest BCUT2D eigenvalue weighted by atomic mass is 16.4. The largest absolute Gasteiger partial charge is 0.465 e. The maximum atomic E-state index is 10.1. The standard InChI is InChI=1S/C6H14N2O2/c1-4(2)5(3-7)8-6(9)10/h4-5,8H,3,7H2,1-2H3,(H,9,10). The molecule has 4 nitrogen and oxygen atoms in total. The Morgan fingerprint density at radius 3 is 2.30 bits per heavy atom. The number of rotatable bonds is 3. The highest BCUT2D eigenvalue weighted by Crippen LogP contribution is 1.98. The molecule has 0 saturated heterocycles. The van der Waals surface area contributed by atoms with Crippen LogP contribution in [-0.4, -0.2) is 23.8 Å². The van der Waals surface area contributed by atoms with Crippen molar-refractivity contribution in [3.63, 3.8) is 0 Å². The summed E-state index contributed by atoms with van der Waals surface area (Å²) in [5.74, 6) is 0.251. The second kappa shape index (κ2) is 4.11. The summed E-state index contributed by atoms with van der Waals surface area (Å²) in [5, 5.41) is 10.6. The van der Waals surface area contributed by atoms with Gasteiger partial charge in [0.2, 0.25) is 0 Å². The second-order valence-corrected chi connectivity index (χ2v) is 2.54. The zero-order valence-electron chi connectivity index (χ0n) is 6.29. The summed E-state index contributed by atoms with van der Waals surface area (Å²) in [6, 6.07) is -0.127. The molecule has 1 unspecified atom stereocenters. The van der Waals surface area contributed by atoms with Crippen molar-refractivity contribution in [1.82, 2.24) is 5.32 Å². The summed E-state index contributed by atoms with van der Waals surface area (Å²) in [6.45, 7) is 4.20. The van der Waals surface area contributed by atoms with E-state index in [2.05, 4.69) is 5.32 Å². The lowest BCUT2D eigenvalue weighted by atomic mass is 10.1. The summed E-state index contributed by atoms with van der Waals surface area (Å²) in [4.78, 5) is 10.1. The Bertz CT molecular complexity index is 114. The Morgan fingerprint density at radius 2 is 2.20 bits per heavy atom. The molecule has 4 N–H and O–H groups in total. The van der Waals surface area contributed by atoms with Crippen LogP contribution >= 0.6 is 0 Å². The molecule has 0 aromatic carbocycles. The van der Waals surface area contributed by atoms with Gasteiger partial charge in [0.1, 0.15) is 0 Å². The molecule has 0 fully saturated rings. The zero-order chi connectivity index (χ0) is 8.15. The summed E-state index contributed by atoms with van der Waals surface area (Å²) in [5.41, 5.74) is 5.30. The van der Waals surface area contributed by atoms with Crippen molar-refractivity contribution < 1.29 is 9.90 Å². The van der Waals surface area contributed by atoms with E-state index in [4.69, 9.17) is 10.8 Å². The van der Waals surface area contributed by atoms with Gasteiger partial charge in [-0.15, -0.1) is 0 Å². The number of amides is 1. The maximum absolute atomic E-state index is 10.1. The molecule has 0 rings (SSSR count). The van der Waals surface area contributed by atoms with Gasteiger partial charge in [-0.05, 0) is 5.92 Å². The molecule has 0 aliphatic heterocycles. The Kier molecular flexibility index (Phi) is 3.79. The van der Waals surface area contributed by atoms with Gasteiger partial charge >= 0.3 is 6.09 Å². The molecule has 0 aliphatic rings. The predicted molar refractivity (Wildman–Crippen MR) is 38.8 cm³/mol. The number of hydrogen-bond donors (Lipinski definition) is 3. The van der Waals surface area contributed by atoms with Crippen LogP contribution in [0.2, 0.25) is 0 Å². The van der Waals surface area contributed by atoms with Crippen LogP contribution in [0.3, 0.4) is 0 Å². The van der Waals surface area contributed by atoms with Crippen molar-refractivity contribution >= 4 is 6.09 Å². The van der Waals surface area contributed by atoms with E-state index in [1.165, 1.54) is 0 Å². The quantitative estimate of drug-likeness (QED) is 0.533. The zero-order valence-corrected chi connectivity index (χ0v) is 6.29. The molecule has 0 aromatic heterocycles. The minimum atomic E-state index is -1.01. The van der Waals surface area contributed by atoms with Crippen LogP contribution in [-0.2, 0) is 0 Å². The SMILES string of the molecule is CC(C)C(CN)NC(=O)O. The van der Waals surface area contributed by atoms with E-state index in [9.17, 15) is 4.79 Å². The number of nitrogens with two attached hydrogens (primary N) is 1. The first-order valence-electron chi connectivity index (χ1n) is 3.27. The predicted octanol–water partition coefficient (Wildman–Crippen LogP) is 0.237. The molecule has 0 saturated carbocycles. The summed E-state index contributed by atoms with van der Waals surface area (Å²) >= 11 is 0. The van der Waals surface area contributed by atoms with Gasteiger partial charge in [0.05, 0.1) is 0 Å². The molecular weight excluding hydrogens is 132 g/mol. The van der Waals surface area contributed by atoms with Gasteiger partial charge < -0.3 is 16.2 Å². The van der Waals surface area contributed by atoms with Gasteiger partial charge in [-0.3, -0.25) is 0 Å². The lowest BCUT2D eigenvalue weighted by Crippen LogP contribution is -2.42. The van der Waals surface area contributed by atoms with Crippen molar-refractivity contribution in [2.75, 3.05) is 6.54 Å². The Labute approximate surface area is 60.4 Å². The van der Waals surface area contributed by atoms with E-state index in [0.717, 1.165) is 0 Å². The first-order chi connectivity index (χ1) is 4.57. The molecule has 0 radical (unpaired) electrons. The molecule has 4 heteroatoms. The van der Waals surface area contributed by atoms with E-state index in [-0.39, 0.29) is 12.0 Å². The Balaban J connectivity index is 3.71. The van der Waals surface area contributed by atoms with E-state index in [1.807, 2.05) is 13.8 Å². The van der Waals surface area contributed by atoms with Crippen LogP contribution in [0.15, 0.2) is 0 Å². The highest BCUT2D eigenvalue weighted by molar-refractivity contribution is 5.64. The summed E-state index contributed by atoms with van der Waals surface area (Å²) in [6.07, 6.45) is -1.01. The fraction of sp³-hybridized carbons (Fsp3) is 0.833. The molecule has 0 spiro atoms. The van der Waals surface area contributed by atoms with Gasteiger partial charge in [0.25, 0.3) is 0 Å². The van der Waals surface area contributed by atoms with Crippen LogP contribution in [0, 0.1) is 5.92 Å². The lowest BCUT2D eigenvalue weighted by molar-refractivity contribution is 0.186. The molecule has 1 amide bonds. The monoisotopic (exact) mass is 146 g/mol. The molecule has 0 heterocycles. The number of carboxylic acid groups (broad SMARTS) is 1. The van der Waals surface area contributed by atoms with E-state index in [0.29, 0.717) is 6.54 Å². The smallest absolute Gasteiger partial charge is 0.404 e. The van der Waals surface area contributed by atoms with Crippen molar-refractivity contribution in [2.45, 2.75) is 19.9 Å². The molecule has 10 heavy (non-hydrogen) atoms. The van der Waals surface area contributed by atoms with Crippen LogP contribution in [0.1, 0.15) is 13.8 Å². The number of carbonyl (C=O) groups is 1. The average molecular weight is 146 g/mol. The van der Waals surface area contributed by atoms with Crippen LogP contribution < -0.4 is 11.1 Å². The van der Waals surface area contributed by atoms with Gasteiger partial charge in [-0.2, -0.15) is 0 Å². The summed E-state index contributed by atoms with van der Waals surface area (Å²) < 4.78 is 0. The van der Waals surface area contributed by atoms with Crippen LogP contribution in [0.4, 0.5) is 4.79 Å². The topological polar surface area (TPSA) is 75.3 Å². The van der Waals surface area contributed by atoms with E-state index >= 15 is 0 Å². The molecule has 0 aliphatic carbocycles. The fourth-order valence-electron chi connectivity index (χ4n) is 0.656. The molecule has 0 aromatic rings. The third-order valence-corrected chi connectivity index (χ3v) is 1.37. The van der Waals surface area contributed by atoms with Crippen molar-refractivity contribution in [2.24, 2.45) is 11.7 Å². The van der Waals surface area contributed by atoms with Gasteiger partial charge in [-0.25, -0.2) is 4.79 Å². The first-order valence-corrected chi connectivity index (χ1v) is 3.27. The van der Waals surface area contributed by atoms with Crippen molar-refractivity contribution in [3.8, 4) is 0 Å². The van der Waals surface area contributed by atoms with Crippen molar-refractivity contribution in [3.05, 3.63) is 0 Å². The third-order valence-electron chi connectivity index (χ3n) is 1.37. The van der Waals surface area contributed by atoms with Gasteiger partial charge in [0.15, 0.2) is 0 Å².